The van der Waals surface area contributed by atoms with E-state index in [0.29, 0.717) is 32.5 Å². The van der Waals surface area contributed by atoms with Gasteiger partial charge >= 0.3 is 0 Å². The zero-order valence-electron chi connectivity index (χ0n) is 11.9. The molecule has 0 radical (unpaired) electrons. The largest absolute Gasteiger partial charge is 0.381 e. The van der Waals surface area contributed by atoms with Crippen LogP contribution in [0, 0.1) is 10.8 Å². The number of alkyl halides is 2. The first-order valence-corrected chi connectivity index (χ1v) is 7.73. The summed E-state index contributed by atoms with van der Waals surface area (Å²) in [6, 6.07) is 0. The second kappa shape index (κ2) is 5.24. The molecule has 2 heterocycles. The minimum atomic E-state index is -2.53. The summed E-state index contributed by atoms with van der Waals surface area (Å²) in [4.78, 5) is 14.3. The molecule has 1 amide bonds. The van der Waals surface area contributed by atoms with Gasteiger partial charge in [-0.3, -0.25) is 4.79 Å². The average molecular weight is 287 g/mol. The normalized spacial score (nSPS) is 33.2. The third kappa shape index (κ3) is 2.24. The van der Waals surface area contributed by atoms with Crippen molar-refractivity contribution < 1.29 is 18.3 Å². The fraction of sp³-hybridized carbons (Fsp3) is 0.933. The Labute approximate surface area is 118 Å². The van der Waals surface area contributed by atoms with Gasteiger partial charge in [0.05, 0.1) is 6.61 Å². The molecule has 0 aromatic carbocycles. The van der Waals surface area contributed by atoms with E-state index in [1.165, 1.54) is 0 Å². The number of likely N-dealkylation sites (tertiary alicyclic amines) is 1. The van der Waals surface area contributed by atoms with Crippen LogP contribution in [0.4, 0.5) is 8.78 Å². The van der Waals surface area contributed by atoms with Gasteiger partial charge < -0.3 is 9.64 Å². The van der Waals surface area contributed by atoms with E-state index in [2.05, 4.69) is 0 Å². The molecule has 1 atom stereocenters. The maximum atomic E-state index is 13.5. The molecule has 1 aliphatic carbocycles. The van der Waals surface area contributed by atoms with E-state index < -0.39 is 11.8 Å². The number of hydrogen-bond donors (Lipinski definition) is 0. The Morgan fingerprint density at radius 1 is 1.10 bits per heavy atom. The van der Waals surface area contributed by atoms with Crippen molar-refractivity contribution in [3.05, 3.63) is 0 Å². The highest BCUT2D eigenvalue weighted by atomic mass is 19.3. The van der Waals surface area contributed by atoms with Gasteiger partial charge in [0, 0.05) is 25.1 Å². The molecule has 0 bridgehead atoms. The summed E-state index contributed by atoms with van der Waals surface area (Å²) < 4.78 is 32.5. The van der Waals surface area contributed by atoms with Gasteiger partial charge in [-0.15, -0.1) is 0 Å². The molecule has 20 heavy (non-hydrogen) atoms. The summed E-state index contributed by atoms with van der Waals surface area (Å²) in [5, 5.41) is 0. The summed E-state index contributed by atoms with van der Waals surface area (Å²) in [5.74, 6) is -0.299. The second-order valence-corrected chi connectivity index (χ2v) is 6.80. The third-order valence-corrected chi connectivity index (χ3v) is 5.47. The quantitative estimate of drug-likeness (QED) is 0.781. The monoisotopic (exact) mass is 287 g/mol. The van der Waals surface area contributed by atoms with Crippen molar-refractivity contribution in [2.24, 2.45) is 10.8 Å². The van der Waals surface area contributed by atoms with Crippen LogP contribution < -0.4 is 0 Å². The maximum absolute atomic E-state index is 13.5. The highest BCUT2D eigenvalue weighted by molar-refractivity contribution is 5.84. The van der Waals surface area contributed by atoms with Crippen LogP contribution in [-0.2, 0) is 9.53 Å². The predicted molar refractivity (Wildman–Crippen MR) is 70.6 cm³/mol. The van der Waals surface area contributed by atoms with Crippen LogP contribution in [0.25, 0.3) is 0 Å². The van der Waals surface area contributed by atoms with Gasteiger partial charge in [0.2, 0.25) is 5.91 Å². The summed E-state index contributed by atoms with van der Waals surface area (Å²) in [6.07, 6.45) is 2.64. The highest BCUT2D eigenvalue weighted by Gasteiger charge is 2.53. The van der Waals surface area contributed by atoms with Crippen LogP contribution in [0.3, 0.4) is 0 Å². The number of ether oxygens (including phenoxy) is 1. The Hall–Kier alpha value is -0.710. The van der Waals surface area contributed by atoms with Gasteiger partial charge in [-0.2, -0.15) is 0 Å². The number of carbonyl (C=O) groups excluding carboxylic acids is 1. The van der Waals surface area contributed by atoms with Gasteiger partial charge in [-0.05, 0) is 32.1 Å². The first-order valence-electron chi connectivity index (χ1n) is 7.73. The number of nitrogens with zero attached hydrogens (tertiary/aromatic N) is 1. The molecular weight excluding hydrogens is 264 g/mol. The topological polar surface area (TPSA) is 29.5 Å². The summed E-state index contributed by atoms with van der Waals surface area (Å²) in [5.41, 5.74) is -1.35. The van der Waals surface area contributed by atoms with E-state index in [9.17, 15) is 13.6 Å². The predicted octanol–water partition coefficient (Wildman–Crippen LogP) is 2.84. The number of halogens is 2. The van der Waals surface area contributed by atoms with Crippen molar-refractivity contribution >= 4 is 5.91 Å². The molecule has 0 aromatic rings. The van der Waals surface area contributed by atoms with Gasteiger partial charge in [0.15, 0.2) is 0 Å². The molecule has 2 aliphatic heterocycles. The number of rotatable bonds is 2. The Balaban J connectivity index is 1.72. The summed E-state index contributed by atoms with van der Waals surface area (Å²) in [7, 11) is 0. The standard InChI is InChI=1S/C15H23F2NO2/c16-12(17)15(5-1-2-6-15)13(19)18-8-7-14(10-18)4-3-9-20-11-14/h12H,1-11H2. The minimum absolute atomic E-state index is 0.0375. The average Bonchev–Trinajstić information content (AvgIpc) is 3.07. The van der Waals surface area contributed by atoms with E-state index in [-0.39, 0.29) is 11.3 Å². The van der Waals surface area contributed by atoms with Gasteiger partial charge in [-0.25, -0.2) is 8.78 Å². The number of hydrogen-bond acceptors (Lipinski definition) is 2. The van der Waals surface area contributed by atoms with E-state index in [4.69, 9.17) is 4.74 Å². The molecular formula is C15H23F2NO2. The highest BCUT2D eigenvalue weighted by Crippen LogP contribution is 2.47. The number of carbonyl (C=O) groups is 1. The molecule has 1 saturated carbocycles. The number of amides is 1. The zero-order valence-corrected chi connectivity index (χ0v) is 11.9. The van der Waals surface area contributed by atoms with Crippen molar-refractivity contribution in [2.75, 3.05) is 26.3 Å². The van der Waals surface area contributed by atoms with E-state index in [0.717, 1.165) is 38.7 Å². The SMILES string of the molecule is O=C(N1CCC2(CCCOC2)C1)C1(C(F)F)CCCC1. The van der Waals surface area contributed by atoms with Crippen molar-refractivity contribution in [3.63, 3.8) is 0 Å². The molecule has 114 valence electrons. The first kappa shape index (κ1) is 14.2. The molecule has 1 spiro atoms. The molecule has 1 unspecified atom stereocenters. The lowest BCUT2D eigenvalue weighted by Gasteiger charge is -2.35. The van der Waals surface area contributed by atoms with Gasteiger partial charge in [-0.1, -0.05) is 12.8 Å². The minimum Gasteiger partial charge on any atom is -0.381 e. The third-order valence-electron chi connectivity index (χ3n) is 5.47. The van der Waals surface area contributed by atoms with Crippen LogP contribution in [0.2, 0.25) is 0 Å². The lowest BCUT2D eigenvalue weighted by molar-refractivity contribution is -0.151. The molecule has 2 saturated heterocycles. The molecule has 0 N–H and O–H groups in total. The van der Waals surface area contributed by atoms with E-state index in [1.807, 2.05) is 0 Å². The van der Waals surface area contributed by atoms with Crippen molar-refractivity contribution in [1.29, 1.82) is 0 Å². The van der Waals surface area contributed by atoms with Crippen molar-refractivity contribution in [2.45, 2.75) is 51.4 Å². The van der Waals surface area contributed by atoms with Crippen LogP contribution in [0.1, 0.15) is 44.9 Å². The van der Waals surface area contributed by atoms with Crippen molar-refractivity contribution in [3.8, 4) is 0 Å². The summed E-state index contributed by atoms with van der Waals surface area (Å²) in [6.45, 7) is 2.70. The van der Waals surface area contributed by atoms with E-state index in [1.54, 1.807) is 4.90 Å². The smallest absolute Gasteiger partial charge is 0.252 e. The fourth-order valence-corrected chi connectivity index (χ4v) is 4.19. The second-order valence-electron chi connectivity index (χ2n) is 6.80. The molecule has 3 fully saturated rings. The Kier molecular flexibility index (Phi) is 3.73. The Morgan fingerprint density at radius 2 is 1.85 bits per heavy atom. The Bertz CT molecular complexity index is 374. The fourth-order valence-electron chi connectivity index (χ4n) is 4.19. The van der Waals surface area contributed by atoms with Gasteiger partial charge in [0.1, 0.15) is 5.41 Å². The zero-order chi connectivity index (χ0) is 14.2. The van der Waals surface area contributed by atoms with Gasteiger partial charge in [0.25, 0.3) is 6.43 Å². The van der Waals surface area contributed by atoms with E-state index >= 15 is 0 Å². The van der Waals surface area contributed by atoms with Crippen LogP contribution in [-0.4, -0.2) is 43.5 Å². The molecule has 3 rings (SSSR count). The summed E-state index contributed by atoms with van der Waals surface area (Å²) >= 11 is 0. The maximum Gasteiger partial charge on any atom is 0.252 e. The van der Waals surface area contributed by atoms with Crippen LogP contribution >= 0.6 is 0 Å². The molecule has 3 nitrogen and oxygen atoms in total. The first-order chi connectivity index (χ1) is 9.58. The molecule has 0 aromatic heterocycles. The molecule has 5 heteroatoms. The molecule has 3 aliphatic rings. The Morgan fingerprint density at radius 3 is 2.45 bits per heavy atom. The lowest BCUT2D eigenvalue weighted by Crippen LogP contribution is -2.47. The van der Waals surface area contributed by atoms with Crippen LogP contribution in [0.15, 0.2) is 0 Å². The lowest BCUT2D eigenvalue weighted by atomic mass is 9.81. The van der Waals surface area contributed by atoms with Crippen LogP contribution in [0.5, 0.6) is 0 Å². The van der Waals surface area contributed by atoms with Crippen molar-refractivity contribution in [1.82, 2.24) is 4.90 Å².